The second kappa shape index (κ2) is 9.55. The van der Waals surface area contributed by atoms with Gasteiger partial charge in [-0.2, -0.15) is 0 Å². The van der Waals surface area contributed by atoms with Gasteiger partial charge in [0.15, 0.2) is 4.34 Å². The summed E-state index contributed by atoms with van der Waals surface area (Å²) in [6.07, 6.45) is 0.489. The smallest absolute Gasteiger partial charge is 0.352 e. The van der Waals surface area contributed by atoms with Crippen molar-refractivity contribution in [3.8, 4) is 11.5 Å². The van der Waals surface area contributed by atoms with E-state index in [-0.39, 0.29) is 29.4 Å². The molecule has 1 amide bonds. The number of nitrogens with zero attached hydrogens (tertiary/aromatic N) is 2. The summed E-state index contributed by atoms with van der Waals surface area (Å²) in [6.45, 7) is 1.83. The summed E-state index contributed by atoms with van der Waals surface area (Å²) in [6, 6.07) is 6.77. The van der Waals surface area contributed by atoms with Crippen LogP contribution >= 0.6 is 34.9 Å². The van der Waals surface area contributed by atoms with Crippen molar-refractivity contribution < 1.29 is 29.0 Å². The molecule has 1 fully saturated rings. The van der Waals surface area contributed by atoms with Gasteiger partial charge in [0.2, 0.25) is 5.91 Å². The van der Waals surface area contributed by atoms with Crippen molar-refractivity contribution in [2.24, 2.45) is 0 Å². The molecule has 8 nitrogen and oxygen atoms in total. The molecule has 0 aliphatic carbocycles. The monoisotopic (exact) mass is 492 g/mol. The molecule has 0 spiro atoms. The minimum Gasteiger partial charge on any atom is -0.497 e. The van der Waals surface area contributed by atoms with E-state index in [1.165, 1.54) is 28.0 Å². The molecule has 32 heavy (non-hydrogen) atoms. The Morgan fingerprint density at radius 1 is 1.28 bits per heavy atom. The lowest BCUT2D eigenvalue weighted by Gasteiger charge is -2.43. The highest BCUT2D eigenvalue weighted by molar-refractivity contribution is 8.01. The molecule has 0 saturated carbocycles. The summed E-state index contributed by atoms with van der Waals surface area (Å²) in [4.78, 5) is 42.6. The molecule has 11 heteroatoms. The SMILES string of the molecule is COc1ccc(OC(=O)Cc2sc(SCC3=C(C(=O)O)N4C(=O)C[C@@H]4SC3)nc2C)cc1. The van der Waals surface area contributed by atoms with Gasteiger partial charge in [-0.25, -0.2) is 9.78 Å². The number of aromatic nitrogens is 1. The lowest BCUT2D eigenvalue weighted by Crippen LogP contribution is -2.54. The van der Waals surface area contributed by atoms with Crippen molar-refractivity contribution in [2.75, 3.05) is 18.6 Å². The molecule has 0 unspecified atom stereocenters. The molecule has 1 atom stereocenters. The Morgan fingerprint density at radius 3 is 2.66 bits per heavy atom. The molecule has 1 saturated heterocycles. The predicted molar refractivity (Wildman–Crippen MR) is 122 cm³/mol. The highest BCUT2D eigenvalue weighted by atomic mass is 32.2. The van der Waals surface area contributed by atoms with Crippen LogP contribution in [0.3, 0.4) is 0 Å². The fourth-order valence-corrected chi connectivity index (χ4v) is 6.93. The van der Waals surface area contributed by atoms with E-state index in [9.17, 15) is 19.5 Å². The number of benzene rings is 1. The van der Waals surface area contributed by atoms with Gasteiger partial charge in [-0.1, -0.05) is 11.8 Å². The highest BCUT2D eigenvalue weighted by Gasteiger charge is 2.45. The van der Waals surface area contributed by atoms with Gasteiger partial charge < -0.3 is 14.6 Å². The summed E-state index contributed by atoms with van der Waals surface area (Å²) in [7, 11) is 1.57. The van der Waals surface area contributed by atoms with Gasteiger partial charge >= 0.3 is 11.9 Å². The topological polar surface area (TPSA) is 106 Å². The number of carbonyl (C=O) groups excluding carboxylic acids is 2. The maximum atomic E-state index is 12.3. The first kappa shape index (κ1) is 22.7. The molecule has 2 aliphatic heterocycles. The first-order chi connectivity index (χ1) is 15.4. The zero-order valence-corrected chi connectivity index (χ0v) is 19.8. The first-order valence-corrected chi connectivity index (χ1v) is 12.5. The number of carbonyl (C=O) groups is 3. The molecule has 168 valence electrons. The number of thiazole rings is 1. The third-order valence-electron chi connectivity index (χ3n) is 4.97. The zero-order chi connectivity index (χ0) is 22.8. The molecule has 0 radical (unpaired) electrons. The number of rotatable bonds is 8. The van der Waals surface area contributed by atoms with E-state index in [0.717, 1.165) is 14.9 Å². The van der Waals surface area contributed by atoms with Crippen LogP contribution in [0.5, 0.6) is 11.5 Å². The number of fused-ring (bicyclic) bond motifs is 1. The number of carboxylic acids is 1. The van der Waals surface area contributed by atoms with Gasteiger partial charge in [0, 0.05) is 16.4 Å². The molecule has 2 aromatic rings. The molecular weight excluding hydrogens is 472 g/mol. The van der Waals surface area contributed by atoms with Crippen molar-refractivity contribution in [2.45, 2.75) is 29.5 Å². The fourth-order valence-electron chi connectivity index (χ4n) is 3.31. The van der Waals surface area contributed by atoms with Crippen molar-refractivity contribution in [1.82, 2.24) is 9.88 Å². The number of methoxy groups -OCH3 is 1. The average molecular weight is 493 g/mol. The van der Waals surface area contributed by atoms with Crippen LogP contribution in [-0.4, -0.2) is 56.8 Å². The van der Waals surface area contributed by atoms with Gasteiger partial charge in [0.05, 0.1) is 31.0 Å². The Hall–Kier alpha value is -2.50. The van der Waals surface area contributed by atoms with Crippen molar-refractivity contribution in [3.63, 3.8) is 0 Å². The number of amides is 1. The van der Waals surface area contributed by atoms with E-state index >= 15 is 0 Å². The molecule has 1 N–H and O–H groups in total. The molecular formula is C21H20N2O6S3. The van der Waals surface area contributed by atoms with Crippen LogP contribution in [0.4, 0.5) is 0 Å². The number of β-lactam (4-membered cyclic amide) rings is 1. The number of hydrogen-bond acceptors (Lipinski definition) is 9. The van der Waals surface area contributed by atoms with E-state index in [1.807, 2.05) is 6.92 Å². The number of aliphatic carboxylic acids is 1. The lowest BCUT2D eigenvalue weighted by atomic mass is 10.1. The Labute approximate surface area is 197 Å². The third-order valence-corrected chi connectivity index (χ3v) is 8.64. The van der Waals surface area contributed by atoms with Gasteiger partial charge in [-0.15, -0.1) is 23.1 Å². The standard InChI is InChI=1S/C21H20N2O6S3/c1-11-15(7-18(25)29-14-5-3-13(28-2)4-6-14)32-21(22-11)31-10-12-9-30-17-8-16(24)23(17)19(12)20(26)27/h3-6,17H,7-10H2,1-2H3,(H,26,27)/t17-/m0/s1. The second-order valence-corrected chi connectivity index (χ2v) is 10.6. The summed E-state index contributed by atoms with van der Waals surface area (Å²) >= 11 is 4.39. The van der Waals surface area contributed by atoms with Gasteiger partial charge in [0.25, 0.3) is 0 Å². The highest BCUT2D eigenvalue weighted by Crippen LogP contribution is 2.41. The normalized spacial score (nSPS) is 17.6. The van der Waals surface area contributed by atoms with Crippen LogP contribution in [0.1, 0.15) is 17.0 Å². The maximum Gasteiger partial charge on any atom is 0.352 e. The summed E-state index contributed by atoms with van der Waals surface area (Å²) < 4.78 is 11.2. The number of esters is 1. The van der Waals surface area contributed by atoms with E-state index in [1.54, 1.807) is 43.1 Å². The third kappa shape index (κ3) is 4.79. The zero-order valence-electron chi connectivity index (χ0n) is 17.3. The Balaban J connectivity index is 1.39. The van der Waals surface area contributed by atoms with Crippen molar-refractivity contribution in [3.05, 3.63) is 46.1 Å². The van der Waals surface area contributed by atoms with Crippen LogP contribution in [0, 0.1) is 6.92 Å². The molecule has 3 heterocycles. The maximum absolute atomic E-state index is 12.3. The van der Waals surface area contributed by atoms with E-state index in [4.69, 9.17) is 9.47 Å². The number of hydrogen-bond donors (Lipinski definition) is 1. The van der Waals surface area contributed by atoms with Gasteiger partial charge in [-0.05, 0) is 36.8 Å². The molecule has 1 aromatic heterocycles. The molecule has 0 bridgehead atoms. The first-order valence-electron chi connectivity index (χ1n) is 9.68. The van der Waals surface area contributed by atoms with Crippen molar-refractivity contribution in [1.29, 1.82) is 0 Å². The Morgan fingerprint density at radius 2 is 2.00 bits per heavy atom. The van der Waals surface area contributed by atoms with Gasteiger partial charge in [-0.3, -0.25) is 14.5 Å². The molecule has 1 aromatic carbocycles. The number of thioether (sulfide) groups is 2. The summed E-state index contributed by atoms with van der Waals surface area (Å²) in [5.74, 6) is 0.509. The summed E-state index contributed by atoms with van der Waals surface area (Å²) in [5.41, 5.74) is 1.56. The number of aryl methyl sites for hydroxylation is 1. The fraction of sp³-hybridized carbons (Fsp3) is 0.333. The molecule has 4 rings (SSSR count). The van der Waals surface area contributed by atoms with Crippen LogP contribution < -0.4 is 9.47 Å². The Bertz CT molecular complexity index is 1100. The van der Waals surface area contributed by atoms with Crippen LogP contribution in [0.15, 0.2) is 39.9 Å². The number of carboxylic acid groups (broad SMARTS) is 1. The van der Waals surface area contributed by atoms with E-state index in [0.29, 0.717) is 35.0 Å². The largest absolute Gasteiger partial charge is 0.497 e. The minimum atomic E-state index is -1.07. The minimum absolute atomic E-state index is 0.0622. The Kier molecular flexibility index (Phi) is 6.77. The quantitative estimate of drug-likeness (QED) is 0.257. The van der Waals surface area contributed by atoms with E-state index < -0.39 is 5.97 Å². The average Bonchev–Trinajstić information content (AvgIpc) is 3.10. The lowest BCUT2D eigenvalue weighted by molar-refractivity contribution is -0.146. The van der Waals surface area contributed by atoms with Crippen LogP contribution in [0.25, 0.3) is 0 Å². The van der Waals surface area contributed by atoms with Crippen LogP contribution in [-0.2, 0) is 20.8 Å². The van der Waals surface area contributed by atoms with Crippen molar-refractivity contribution >= 4 is 52.7 Å². The molecule has 2 aliphatic rings. The predicted octanol–water partition coefficient (Wildman–Crippen LogP) is 3.34. The van der Waals surface area contributed by atoms with E-state index in [2.05, 4.69) is 4.98 Å². The number of ether oxygens (including phenoxy) is 2. The summed E-state index contributed by atoms with van der Waals surface area (Å²) in [5, 5.41) is 9.54. The van der Waals surface area contributed by atoms with Crippen LogP contribution in [0.2, 0.25) is 0 Å². The second-order valence-electron chi connectivity index (χ2n) is 7.09. The van der Waals surface area contributed by atoms with Gasteiger partial charge in [0.1, 0.15) is 17.2 Å².